The van der Waals surface area contributed by atoms with Crippen molar-refractivity contribution in [1.82, 2.24) is 9.80 Å². The van der Waals surface area contributed by atoms with E-state index in [2.05, 4.69) is 4.90 Å². The van der Waals surface area contributed by atoms with Gasteiger partial charge in [0.25, 0.3) is 5.91 Å². The normalized spacial score (nSPS) is 17.8. The molecule has 1 aliphatic heterocycles. The standard InChI is InChI=1S/C15H21ClN2O3/c1-10-7-13(16)8-12(14(10)20)9-17-3-5-18(6-4-17)15(21)11(2)19/h7-8,11,19-20H,3-6,9H2,1-2H3. The van der Waals surface area contributed by atoms with Crippen LogP contribution in [0.5, 0.6) is 5.75 Å². The van der Waals surface area contributed by atoms with Crippen LogP contribution in [0.25, 0.3) is 0 Å². The maximum absolute atomic E-state index is 11.7. The van der Waals surface area contributed by atoms with Gasteiger partial charge in [-0.1, -0.05) is 11.6 Å². The highest BCUT2D eigenvalue weighted by Crippen LogP contribution is 2.27. The van der Waals surface area contributed by atoms with Gasteiger partial charge in [-0.15, -0.1) is 0 Å². The maximum atomic E-state index is 11.7. The summed E-state index contributed by atoms with van der Waals surface area (Å²) in [5.41, 5.74) is 1.57. The summed E-state index contributed by atoms with van der Waals surface area (Å²) in [7, 11) is 0. The Bertz CT molecular complexity index is 526. The Labute approximate surface area is 129 Å². The van der Waals surface area contributed by atoms with Crippen LogP contribution in [0.1, 0.15) is 18.1 Å². The summed E-state index contributed by atoms with van der Waals surface area (Å²) >= 11 is 6.03. The molecule has 0 aromatic heterocycles. The molecule has 6 heteroatoms. The maximum Gasteiger partial charge on any atom is 0.251 e. The number of carbonyl (C=O) groups excluding carboxylic acids is 1. The quantitative estimate of drug-likeness (QED) is 0.885. The van der Waals surface area contributed by atoms with E-state index < -0.39 is 6.10 Å². The van der Waals surface area contributed by atoms with E-state index in [9.17, 15) is 15.0 Å². The van der Waals surface area contributed by atoms with Crippen LogP contribution in [0, 0.1) is 6.92 Å². The number of hydrogen-bond donors (Lipinski definition) is 2. The van der Waals surface area contributed by atoms with Gasteiger partial charge in [-0.05, 0) is 31.5 Å². The Hall–Kier alpha value is -1.30. The van der Waals surface area contributed by atoms with Gasteiger partial charge in [0.1, 0.15) is 11.9 Å². The molecule has 1 amide bonds. The molecular weight excluding hydrogens is 292 g/mol. The van der Waals surface area contributed by atoms with Gasteiger partial charge < -0.3 is 15.1 Å². The average Bonchev–Trinajstić information content (AvgIpc) is 2.44. The monoisotopic (exact) mass is 312 g/mol. The number of amides is 1. The van der Waals surface area contributed by atoms with E-state index >= 15 is 0 Å². The van der Waals surface area contributed by atoms with Crippen molar-refractivity contribution in [3.63, 3.8) is 0 Å². The van der Waals surface area contributed by atoms with Crippen molar-refractivity contribution in [1.29, 1.82) is 0 Å². The molecule has 2 N–H and O–H groups in total. The van der Waals surface area contributed by atoms with Gasteiger partial charge in [0.05, 0.1) is 0 Å². The molecule has 1 atom stereocenters. The second-order valence-corrected chi connectivity index (χ2v) is 5.94. The number of aryl methyl sites for hydroxylation is 1. The molecule has 21 heavy (non-hydrogen) atoms. The fourth-order valence-corrected chi connectivity index (χ4v) is 2.85. The lowest BCUT2D eigenvalue weighted by Crippen LogP contribution is -2.50. The molecule has 1 heterocycles. The number of halogens is 1. The third-order valence-corrected chi connectivity index (χ3v) is 4.00. The fraction of sp³-hybridized carbons (Fsp3) is 0.533. The summed E-state index contributed by atoms with van der Waals surface area (Å²) in [5.74, 6) is 0.0537. The minimum absolute atomic E-state index is 0.226. The summed E-state index contributed by atoms with van der Waals surface area (Å²) in [6, 6.07) is 3.51. The van der Waals surface area contributed by atoms with Crippen molar-refractivity contribution in [2.45, 2.75) is 26.5 Å². The molecule has 5 nitrogen and oxygen atoms in total. The van der Waals surface area contributed by atoms with Crippen LogP contribution in [-0.4, -0.2) is 58.2 Å². The fourth-order valence-electron chi connectivity index (χ4n) is 2.56. The largest absolute Gasteiger partial charge is 0.507 e. The van der Waals surface area contributed by atoms with E-state index in [-0.39, 0.29) is 11.7 Å². The van der Waals surface area contributed by atoms with Crippen LogP contribution in [0.15, 0.2) is 12.1 Å². The summed E-state index contributed by atoms with van der Waals surface area (Å²) in [6.45, 7) is 6.51. The van der Waals surface area contributed by atoms with Crippen molar-refractivity contribution < 1.29 is 15.0 Å². The molecule has 1 aromatic carbocycles. The van der Waals surface area contributed by atoms with Crippen LogP contribution in [0.2, 0.25) is 5.02 Å². The first-order valence-electron chi connectivity index (χ1n) is 7.05. The van der Waals surface area contributed by atoms with E-state index in [1.54, 1.807) is 17.0 Å². The molecule has 0 radical (unpaired) electrons. The zero-order valence-electron chi connectivity index (χ0n) is 12.3. The van der Waals surface area contributed by atoms with Crippen LogP contribution in [0.4, 0.5) is 0 Å². The van der Waals surface area contributed by atoms with Gasteiger partial charge >= 0.3 is 0 Å². The zero-order valence-corrected chi connectivity index (χ0v) is 13.1. The molecule has 1 aromatic rings. The van der Waals surface area contributed by atoms with Crippen molar-refractivity contribution in [2.75, 3.05) is 26.2 Å². The van der Waals surface area contributed by atoms with Crippen LogP contribution >= 0.6 is 11.6 Å². The van der Waals surface area contributed by atoms with E-state index in [1.807, 2.05) is 6.92 Å². The highest BCUT2D eigenvalue weighted by atomic mass is 35.5. The van der Waals surface area contributed by atoms with Gasteiger partial charge in [0, 0.05) is 43.3 Å². The highest BCUT2D eigenvalue weighted by Gasteiger charge is 2.24. The molecule has 1 fully saturated rings. The molecule has 2 rings (SSSR count). The Morgan fingerprint density at radius 3 is 2.52 bits per heavy atom. The number of aliphatic hydroxyl groups is 1. The van der Waals surface area contributed by atoms with Crippen molar-refractivity contribution in [3.8, 4) is 5.75 Å². The smallest absolute Gasteiger partial charge is 0.251 e. The van der Waals surface area contributed by atoms with E-state index in [1.165, 1.54) is 6.92 Å². The SMILES string of the molecule is Cc1cc(Cl)cc(CN2CCN(C(=O)C(C)O)CC2)c1O. The molecule has 0 bridgehead atoms. The lowest BCUT2D eigenvalue weighted by molar-refractivity contribution is -0.141. The number of nitrogens with zero attached hydrogens (tertiary/aromatic N) is 2. The van der Waals surface area contributed by atoms with Crippen molar-refractivity contribution >= 4 is 17.5 Å². The predicted octanol–water partition coefficient (Wildman–Crippen LogP) is 1.38. The second-order valence-electron chi connectivity index (χ2n) is 5.51. The van der Waals surface area contributed by atoms with Gasteiger partial charge in [-0.25, -0.2) is 0 Å². The molecule has 1 saturated heterocycles. The molecule has 116 valence electrons. The minimum Gasteiger partial charge on any atom is -0.507 e. The molecular formula is C15H21ClN2O3. The van der Waals surface area contributed by atoms with E-state index in [0.29, 0.717) is 37.7 Å². The lowest BCUT2D eigenvalue weighted by Gasteiger charge is -2.35. The first-order chi connectivity index (χ1) is 9.88. The van der Waals surface area contributed by atoms with Gasteiger partial charge in [-0.2, -0.15) is 0 Å². The van der Waals surface area contributed by atoms with Gasteiger partial charge in [-0.3, -0.25) is 9.69 Å². The number of phenols is 1. The highest BCUT2D eigenvalue weighted by molar-refractivity contribution is 6.30. The Morgan fingerprint density at radius 1 is 1.33 bits per heavy atom. The van der Waals surface area contributed by atoms with Crippen LogP contribution in [-0.2, 0) is 11.3 Å². The molecule has 1 aliphatic rings. The first kappa shape index (κ1) is 16.1. The molecule has 0 saturated carbocycles. The number of aliphatic hydroxyl groups excluding tert-OH is 1. The summed E-state index contributed by atoms with van der Waals surface area (Å²) in [6.07, 6.45) is -0.948. The molecule has 0 spiro atoms. The van der Waals surface area contributed by atoms with Crippen LogP contribution < -0.4 is 0 Å². The number of piperazine rings is 1. The number of benzene rings is 1. The number of rotatable bonds is 3. The Morgan fingerprint density at radius 2 is 1.95 bits per heavy atom. The van der Waals surface area contributed by atoms with Crippen LogP contribution in [0.3, 0.4) is 0 Å². The van der Waals surface area contributed by atoms with Gasteiger partial charge in [0.15, 0.2) is 0 Å². The number of aromatic hydroxyl groups is 1. The number of phenolic OH excluding ortho intramolecular Hbond substituents is 1. The summed E-state index contributed by atoms with van der Waals surface area (Å²) < 4.78 is 0. The second kappa shape index (κ2) is 6.64. The minimum atomic E-state index is -0.948. The third-order valence-electron chi connectivity index (χ3n) is 3.78. The predicted molar refractivity (Wildman–Crippen MR) is 81.4 cm³/mol. The topological polar surface area (TPSA) is 64.0 Å². The van der Waals surface area contributed by atoms with Crippen molar-refractivity contribution in [2.24, 2.45) is 0 Å². The number of hydrogen-bond acceptors (Lipinski definition) is 4. The summed E-state index contributed by atoms with van der Waals surface area (Å²) in [5, 5.41) is 20.0. The Balaban J connectivity index is 1.97. The lowest BCUT2D eigenvalue weighted by atomic mass is 10.1. The first-order valence-corrected chi connectivity index (χ1v) is 7.43. The number of carbonyl (C=O) groups is 1. The third kappa shape index (κ3) is 3.87. The molecule has 1 unspecified atom stereocenters. The van der Waals surface area contributed by atoms with Gasteiger partial charge in [0.2, 0.25) is 0 Å². The average molecular weight is 313 g/mol. The van der Waals surface area contributed by atoms with Crippen molar-refractivity contribution in [3.05, 3.63) is 28.3 Å². The molecule has 0 aliphatic carbocycles. The zero-order chi connectivity index (χ0) is 15.6. The summed E-state index contributed by atoms with van der Waals surface area (Å²) in [4.78, 5) is 15.5. The Kier molecular flexibility index (Phi) is 5.08. The van der Waals surface area contributed by atoms with E-state index in [4.69, 9.17) is 11.6 Å². The van der Waals surface area contributed by atoms with E-state index in [0.717, 1.165) is 11.1 Å².